The number of nitrogens with zero attached hydrogens (tertiary/aromatic N) is 3. The Morgan fingerprint density at radius 2 is 2.41 bits per heavy atom. The van der Waals surface area contributed by atoms with Crippen LogP contribution in [0.5, 0.6) is 0 Å². The van der Waals surface area contributed by atoms with Crippen LogP contribution in [0.3, 0.4) is 0 Å². The lowest BCUT2D eigenvalue weighted by Gasteiger charge is -2.19. The van der Waals surface area contributed by atoms with Gasteiger partial charge in [0.2, 0.25) is 0 Å². The molecule has 0 aliphatic carbocycles. The third-order valence-corrected chi connectivity index (χ3v) is 2.96. The second-order valence-corrected chi connectivity index (χ2v) is 4.51. The molecule has 0 aliphatic heterocycles. The molecule has 0 spiro atoms. The largest absolute Gasteiger partial charge is 0.383 e. The van der Waals surface area contributed by atoms with E-state index in [-0.39, 0.29) is 5.91 Å². The van der Waals surface area contributed by atoms with E-state index >= 15 is 0 Å². The number of ether oxygens (including phenoxy) is 1. The second-order valence-electron chi connectivity index (χ2n) is 3.44. The smallest absolute Gasteiger partial charge is 0.273 e. The van der Waals surface area contributed by atoms with E-state index in [9.17, 15) is 4.79 Å². The predicted octanol–water partition coefficient (Wildman–Crippen LogP) is 1.45. The van der Waals surface area contributed by atoms with Crippen molar-refractivity contribution in [3.63, 3.8) is 0 Å². The number of methoxy groups -OCH3 is 1. The standard InChI is InChI=1S/C11H15N3O2S/c1-9-13-10(8-17-9)11(15)14(5-3-4-12)6-7-16-2/h8H,3,5-7H2,1-2H3. The van der Waals surface area contributed by atoms with E-state index in [1.807, 2.05) is 13.0 Å². The molecule has 0 aromatic carbocycles. The molecule has 1 amide bonds. The predicted molar refractivity (Wildman–Crippen MR) is 64.9 cm³/mol. The lowest BCUT2D eigenvalue weighted by molar-refractivity contribution is 0.0695. The van der Waals surface area contributed by atoms with E-state index in [0.29, 0.717) is 31.8 Å². The Morgan fingerprint density at radius 1 is 1.65 bits per heavy atom. The van der Waals surface area contributed by atoms with Crippen LogP contribution >= 0.6 is 11.3 Å². The molecule has 0 saturated heterocycles. The third kappa shape index (κ3) is 4.13. The van der Waals surface area contributed by atoms with Crippen LogP contribution in [0.25, 0.3) is 0 Å². The van der Waals surface area contributed by atoms with E-state index in [1.54, 1.807) is 17.4 Å². The van der Waals surface area contributed by atoms with Gasteiger partial charge in [-0.05, 0) is 6.92 Å². The Balaban J connectivity index is 2.68. The number of rotatable bonds is 6. The zero-order valence-corrected chi connectivity index (χ0v) is 10.8. The molecule has 1 aromatic heterocycles. The summed E-state index contributed by atoms with van der Waals surface area (Å²) < 4.78 is 4.95. The van der Waals surface area contributed by atoms with Crippen LogP contribution in [0.4, 0.5) is 0 Å². The van der Waals surface area contributed by atoms with Crippen LogP contribution in [-0.2, 0) is 4.74 Å². The van der Waals surface area contributed by atoms with Gasteiger partial charge < -0.3 is 9.64 Å². The first kappa shape index (κ1) is 13.6. The number of nitriles is 1. The summed E-state index contributed by atoms with van der Waals surface area (Å²) in [6, 6.07) is 2.03. The van der Waals surface area contributed by atoms with Crippen LogP contribution < -0.4 is 0 Å². The molecule has 0 saturated carbocycles. The molecule has 0 N–H and O–H groups in total. The van der Waals surface area contributed by atoms with Crippen molar-refractivity contribution in [2.75, 3.05) is 26.8 Å². The third-order valence-electron chi connectivity index (χ3n) is 2.18. The van der Waals surface area contributed by atoms with Crippen LogP contribution in [0.1, 0.15) is 21.9 Å². The summed E-state index contributed by atoms with van der Waals surface area (Å²) in [5.74, 6) is -0.137. The highest BCUT2D eigenvalue weighted by molar-refractivity contribution is 7.09. The lowest BCUT2D eigenvalue weighted by atomic mass is 10.3. The first-order valence-electron chi connectivity index (χ1n) is 5.26. The van der Waals surface area contributed by atoms with Crippen LogP contribution in [0, 0.1) is 18.3 Å². The molecular formula is C11H15N3O2S. The van der Waals surface area contributed by atoms with Gasteiger partial charge in [-0.15, -0.1) is 11.3 Å². The average Bonchev–Trinajstić information content (AvgIpc) is 2.75. The minimum Gasteiger partial charge on any atom is -0.383 e. The van der Waals surface area contributed by atoms with Gasteiger partial charge in [0.25, 0.3) is 5.91 Å². The first-order chi connectivity index (χ1) is 8.19. The summed E-state index contributed by atoms with van der Waals surface area (Å²) in [6.45, 7) is 3.21. The van der Waals surface area contributed by atoms with E-state index < -0.39 is 0 Å². The Hall–Kier alpha value is -1.45. The number of thiazole rings is 1. The van der Waals surface area contributed by atoms with Crippen molar-refractivity contribution in [2.24, 2.45) is 0 Å². The molecule has 1 aromatic rings. The number of hydrogen-bond acceptors (Lipinski definition) is 5. The molecule has 0 aliphatic rings. The number of hydrogen-bond donors (Lipinski definition) is 0. The van der Waals surface area contributed by atoms with Crippen molar-refractivity contribution in [1.82, 2.24) is 9.88 Å². The van der Waals surface area contributed by atoms with Crippen molar-refractivity contribution in [2.45, 2.75) is 13.3 Å². The maximum absolute atomic E-state index is 12.1. The molecule has 0 radical (unpaired) electrons. The fourth-order valence-electron chi connectivity index (χ4n) is 1.32. The molecule has 0 atom stereocenters. The van der Waals surface area contributed by atoms with E-state index in [2.05, 4.69) is 4.98 Å². The summed E-state index contributed by atoms with van der Waals surface area (Å²) in [7, 11) is 1.58. The van der Waals surface area contributed by atoms with Crippen molar-refractivity contribution in [1.29, 1.82) is 5.26 Å². The molecule has 1 heterocycles. The molecule has 0 unspecified atom stereocenters. The first-order valence-corrected chi connectivity index (χ1v) is 6.14. The van der Waals surface area contributed by atoms with Gasteiger partial charge in [0.15, 0.2) is 0 Å². The normalized spacial score (nSPS) is 9.94. The van der Waals surface area contributed by atoms with Gasteiger partial charge in [-0.25, -0.2) is 4.98 Å². The fourth-order valence-corrected chi connectivity index (χ4v) is 1.91. The highest BCUT2D eigenvalue weighted by Gasteiger charge is 2.17. The summed E-state index contributed by atoms with van der Waals surface area (Å²) in [5, 5.41) is 11.2. The highest BCUT2D eigenvalue weighted by Crippen LogP contribution is 2.10. The number of amides is 1. The molecule has 17 heavy (non-hydrogen) atoms. The Labute approximate surface area is 105 Å². The van der Waals surface area contributed by atoms with Crippen molar-refractivity contribution >= 4 is 17.2 Å². The van der Waals surface area contributed by atoms with E-state index in [0.717, 1.165) is 5.01 Å². The quantitative estimate of drug-likeness (QED) is 0.769. The van der Waals surface area contributed by atoms with Crippen LogP contribution in [0.2, 0.25) is 0 Å². The van der Waals surface area contributed by atoms with E-state index in [4.69, 9.17) is 10.00 Å². The molecule has 0 fully saturated rings. The highest BCUT2D eigenvalue weighted by atomic mass is 32.1. The molecular weight excluding hydrogens is 238 g/mol. The lowest BCUT2D eigenvalue weighted by Crippen LogP contribution is -2.34. The number of aryl methyl sites for hydroxylation is 1. The van der Waals surface area contributed by atoms with Gasteiger partial charge >= 0.3 is 0 Å². The minimum absolute atomic E-state index is 0.137. The summed E-state index contributed by atoms with van der Waals surface area (Å²) in [6.07, 6.45) is 0.318. The topological polar surface area (TPSA) is 66.2 Å². The second kappa shape index (κ2) is 6.99. The average molecular weight is 253 g/mol. The Bertz CT molecular complexity index is 411. The van der Waals surface area contributed by atoms with Crippen molar-refractivity contribution in [3.05, 3.63) is 16.1 Å². The molecule has 92 valence electrons. The van der Waals surface area contributed by atoms with Gasteiger partial charge in [-0.1, -0.05) is 0 Å². The van der Waals surface area contributed by atoms with Gasteiger partial charge in [0, 0.05) is 25.6 Å². The Kier molecular flexibility index (Phi) is 5.60. The van der Waals surface area contributed by atoms with Gasteiger partial charge in [0.05, 0.1) is 24.1 Å². The fraction of sp³-hybridized carbons (Fsp3) is 0.545. The monoisotopic (exact) mass is 253 g/mol. The van der Waals surface area contributed by atoms with Gasteiger partial charge in [0.1, 0.15) is 5.69 Å². The summed E-state index contributed by atoms with van der Waals surface area (Å²) in [5.41, 5.74) is 0.446. The van der Waals surface area contributed by atoms with Crippen LogP contribution in [-0.4, -0.2) is 42.6 Å². The molecule has 1 rings (SSSR count). The van der Waals surface area contributed by atoms with Crippen molar-refractivity contribution in [3.8, 4) is 6.07 Å². The Morgan fingerprint density at radius 3 is 2.94 bits per heavy atom. The van der Waals surface area contributed by atoms with Crippen LogP contribution in [0.15, 0.2) is 5.38 Å². The maximum atomic E-state index is 12.1. The van der Waals surface area contributed by atoms with E-state index in [1.165, 1.54) is 11.3 Å². The summed E-state index contributed by atoms with van der Waals surface area (Å²) >= 11 is 1.44. The number of carbonyl (C=O) groups excluding carboxylic acids is 1. The summed E-state index contributed by atoms with van der Waals surface area (Å²) in [4.78, 5) is 17.8. The zero-order valence-electron chi connectivity index (χ0n) is 9.97. The minimum atomic E-state index is -0.137. The van der Waals surface area contributed by atoms with Crippen molar-refractivity contribution < 1.29 is 9.53 Å². The van der Waals surface area contributed by atoms with Gasteiger partial charge in [-0.2, -0.15) is 5.26 Å². The molecule has 6 heteroatoms. The number of carbonyl (C=O) groups is 1. The number of aromatic nitrogens is 1. The maximum Gasteiger partial charge on any atom is 0.273 e. The SMILES string of the molecule is COCCN(CCC#N)C(=O)c1csc(C)n1. The van der Waals surface area contributed by atoms with Gasteiger partial charge in [-0.3, -0.25) is 4.79 Å². The molecule has 5 nitrogen and oxygen atoms in total. The molecule has 0 bridgehead atoms. The zero-order chi connectivity index (χ0) is 12.7.